The van der Waals surface area contributed by atoms with Crippen LogP contribution in [0.25, 0.3) is 10.9 Å². The molecule has 5 rings (SSSR count). The second-order valence-corrected chi connectivity index (χ2v) is 8.89. The Morgan fingerprint density at radius 2 is 1.84 bits per heavy atom. The fourth-order valence-corrected chi connectivity index (χ4v) is 4.64. The minimum atomic E-state index is 0.0785. The molecule has 1 aromatic carbocycles. The third-order valence-corrected chi connectivity index (χ3v) is 6.63. The first-order valence-electron chi connectivity index (χ1n) is 11.0. The Morgan fingerprint density at radius 1 is 1.06 bits per heavy atom. The van der Waals surface area contributed by atoms with Crippen molar-refractivity contribution in [2.75, 3.05) is 51.2 Å². The Labute approximate surface area is 192 Å². The first-order valence-corrected chi connectivity index (χ1v) is 11.3. The Morgan fingerprint density at radius 3 is 2.62 bits per heavy atom. The van der Waals surface area contributed by atoms with E-state index >= 15 is 0 Å². The van der Waals surface area contributed by atoms with Gasteiger partial charge < -0.3 is 19.4 Å². The van der Waals surface area contributed by atoms with Gasteiger partial charge in [0, 0.05) is 63.5 Å². The highest BCUT2D eigenvalue weighted by molar-refractivity contribution is 6.35. The van der Waals surface area contributed by atoms with E-state index in [-0.39, 0.29) is 5.92 Å². The van der Waals surface area contributed by atoms with Gasteiger partial charge in [-0.25, -0.2) is 0 Å². The molecule has 2 aliphatic rings. The zero-order valence-electron chi connectivity index (χ0n) is 18.1. The first kappa shape index (κ1) is 21.0. The Balaban J connectivity index is 1.24. The molecule has 7 nitrogen and oxygen atoms in total. The maximum absolute atomic E-state index is 12.9. The number of hydrogen-bond acceptors (Lipinski definition) is 6. The summed E-state index contributed by atoms with van der Waals surface area (Å²) in [5.74, 6) is 1.77. The van der Waals surface area contributed by atoms with E-state index < -0.39 is 0 Å². The number of likely N-dealkylation sites (N-methyl/N-ethyl adjacent to an activating group) is 1. The van der Waals surface area contributed by atoms with Crippen molar-refractivity contribution in [3.8, 4) is 11.5 Å². The number of aromatic nitrogens is 2. The van der Waals surface area contributed by atoms with Crippen molar-refractivity contribution in [1.82, 2.24) is 19.8 Å². The highest BCUT2D eigenvalue weighted by Crippen LogP contribution is 2.33. The summed E-state index contributed by atoms with van der Waals surface area (Å²) in [7, 11) is 2.11. The molecule has 0 radical (unpaired) electrons. The van der Waals surface area contributed by atoms with Gasteiger partial charge in [0.15, 0.2) is 0 Å². The standard InChI is InChI=1S/C24H26ClN5O2/c1-28-10-12-29(13-11-28)24(31)17-7-9-30(16-17)18-2-4-19(5-3-18)32-22-6-8-27-23-20(22)14-26-15-21(23)25/h2-6,8,14-15,17H,7,9-13,16H2,1H3/t17-/m0/s1. The van der Waals surface area contributed by atoms with Gasteiger partial charge in [-0.1, -0.05) is 11.6 Å². The van der Waals surface area contributed by atoms with Gasteiger partial charge in [0.1, 0.15) is 11.5 Å². The van der Waals surface area contributed by atoms with Crippen LogP contribution in [-0.4, -0.2) is 72.0 Å². The van der Waals surface area contributed by atoms with E-state index in [0.717, 1.165) is 62.5 Å². The van der Waals surface area contributed by atoms with Crippen LogP contribution in [0.4, 0.5) is 5.69 Å². The largest absolute Gasteiger partial charge is 0.457 e. The molecule has 0 N–H and O–H groups in total. The summed E-state index contributed by atoms with van der Waals surface area (Å²) in [6.07, 6.45) is 5.87. The lowest BCUT2D eigenvalue weighted by atomic mass is 10.1. The summed E-state index contributed by atoms with van der Waals surface area (Å²) in [4.78, 5) is 28.0. The number of carbonyl (C=O) groups excluding carboxylic acids is 1. The van der Waals surface area contributed by atoms with Crippen LogP contribution in [0.3, 0.4) is 0 Å². The lowest BCUT2D eigenvalue weighted by Crippen LogP contribution is -2.49. The molecule has 0 spiro atoms. The number of pyridine rings is 2. The number of benzene rings is 1. The maximum Gasteiger partial charge on any atom is 0.227 e. The van der Waals surface area contributed by atoms with Crippen molar-refractivity contribution in [2.45, 2.75) is 6.42 Å². The molecule has 32 heavy (non-hydrogen) atoms. The number of ether oxygens (including phenoxy) is 1. The number of rotatable bonds is 4. The summed E-state index contributed by atoms with van der Waals surface area (Å²) >= 11 is 6.20. The van der Waals surface area contributed by atoms with Gasteiger partial charge in [-0.15, -0.1) is 0 Å². The minimum absolute atomic E-state index is 0.0785. The highest BCUT2D eigenvalue weighted by Gasteiger charge is 2.32. The monoisotopic (exact) mass is 451 g/mol. The number of hydrogen-bond donors (Lipinski definition) is 0. The second kappa shape index (κ2) is 8.92. The van der Waals surface area contributed by atoms with Crippen LogP contribution in [0, 0.1) is 5.92 Å². The lowest BCUT2D eigenvalue weighted by Gasteiger charge is -2.34. The second-order valence-electron chi connectivity index (χ2n) is 8.48. The van der Waals surface area contributed by atoms with E-state index in [0.29, 0.717) is 22.2 Å². The molecule has 1 atom stereocenters. The Hall–Kier alpha value is -2.90. The number of piperazine rings is 1. The average molecular weight is 452 g/mol. The van der Waals surface area contributed by atoms with Crippen molar-refractivity contribution in [3.05, 3.63) is 53.9 Å². The summed E-state index contributed by atoms with van der Waals surface area (Å²) in [6, 6.07) is 9.81. The molecule has 0 unspecified atom stereocenters. The molecule has 0 aliphatic carbocycles. The van der Waals surface area contributed by atoms with Crippen LogP contribution < -0.4 is 9.64 Å². The van der Waals surface area contributed by atoms with Gasteiger partial charge in [-0.3, -0.25) is 14.8 Å². The molecular weight excluding hydrogens is 426 g/mol. The predicted octanol–water partition coefficient (Wildman–Crippen LogP) is 3.68. The predicted molar refractivity (Wildman–Crippen MR) is 125 cm³/mol. The molecule has 166 valence electrons. The third kappa shape index (κ3) is 4.23. The minimum Gasteiger partial charge on any atom is -0.457 e. The Bertz CT molecular complexity index is 1120. The van der Waals surface area contributed by atoms with Crippen molar-refractivity contribution < 1.29 is 9.53 Å². The molecule has 2 saturated heterocycles. The SMILES string of the molecule is CN1CCN(C(=O)[C@H]2CCN(c3ccc(Oc4ccnc5c(Cl)cncc45)cc3)C2)CC1. The quantitative estimate of drug-likeness (QED) is 0.603. The van der Waals surface area contributed by atoms with Crippen molar-refractivity contribution in [1.29, 1.82) is 0 Å². The fraction of sp³-hybridized carbons (Fsp3) is 0.375. The fourth-order valence-electron chi connectivity index (χ4n) is 4.43. The zero-order chi connectivity index (χ0) is 22.1. The molecule has 8 heteroatoms. The number of amides is 1. The molecular formula is C24H26ClN5O2. The van der Waals surface area contributed by atoms with Crippen LogP contribution in [0.2, 0.25) is 5.02 Å². The van der Waals surface area contributed by atoms with Gasteiger partial charge in [0.05, 0.1) is 21.8 Å². The van der Waals surface area contributed by atoms with Crippen LogP contribution in [0.5, 0.6) is 11.5 Å². The summed E-state index contributed by atoms with van der Waals surface area (Å²) in [5.41, 5.74) is 1.78. The molecule has 0 bridgehead atoms. The van der Waals surface area contributed by atoms with E-state index in [4.69, 9.17) is 16.3 Å². The van der Waals surface area contributed by atoms with Crippen LogP contribution >= 0.6 is 11.6 Å². The van der Waals surface area contributed by atoms with Crippen molar-refractivity contribution >= 4 is 34.1 Å². The normalized spacial score (nSPS) is 19.5. The number of fused-ring (bicyclic) bond motifs is 1. The third-order valence-electron chi connectivity index (χ3n) is 6.35. The number of nitrogens with zero attached hydrogens (tertiary/aromatic N) is 5. The summed E-state index contributed by atoms with van der Waals surface area (Å²) < 4.78 is 6.09. The molecule has 2 aliphatic heterocycles. The topological polar surface area (TPSA) is 61.8 Å². The van der Waals surface area contributed by atoms with E-state index in [1.54, 1.807) is 18.6 Å². The number of carbonyl (C=O) groups is 1. The van der Waals surface area contributed by atoms with E-state index in [1.807, 2.05) is 35.2 Å². The summed E-state index contributed by atoms with van der Waals surface area (Å²) in [6.45, 7) is 5.25. The highest BCUT2D eigenvalue weighted by atomic mass is 35.5. The van der Waals surface area contributed by atoms with Crippen molar-refractivity contribution in [2.24, 2.45) is 5.92 Å². The van der Waals surface area contributed by atoms with Crippen LogP contribution in [0.1, 0.15) is 6.42 Å². The van der Waals surface area contributed by atoms with Gasteiger partial charge in [-0.2, -0.15) is 0 Å². The van der Waals surface area contributed by atoms with Crippen molar-refractivity contribution in [3.63, 3.8) is 0 Å². The van der Waals surface area contributed by atoms with Crippen LogP contribution in [-0.2, 0) is 4.79 Å². The molecule has 4 heterocycles. The molecule has 0 saturated carbocycles. The maximum atomic E-state index is 12.9. The first-order chi connectivity index (χ1) is 15.6. The Kier molecular flexibility index (Phi) is 5.85. The van der Waals surface area contributed by atoms with Gasteiger partial charge in [0.2, 0.25) is 5.91 Å². The molecule has 1 amide bonds. The number of anilines is 1. The lowest BCUT2D eigenvalue weighted by molar-refractivity contribution is -0.136. The van der Waals surface area contributed by atoms with Crippen LogP contribution in [0.15, 0.2) is 48.9 Å². The van der Waals surface area contributed by atoms with E-state index in [1.165, 1.54) is 0 Å². The summed E-state index contributed by atoms with van der Waals surface area (Å²) in [5, 5.41) is 1.27. The van der Waals surface area contributed by atoms with Gasteiger partial charge in [-0.05, 0) is 43.8 Å². The number of halogens is 1. The van der Waals surface area contributed by atoms with Gasteiger partial charge >= 0.3 is 0 Å². The van der Waals surface area contributed by atoms with E-state index in [9.17, 15) is 4.79 Å². The van der Waals surface area contributed by atoms with E-state index in [2.05, 4.69) is 26.8 Å². The average Bonchev–Trinajstić information content (AvgIpc) is 3.31. The smallest absolute Gasteiger partial charge is 0.227 e. The van der Waals surface area contributed by atoms with Gasteiger partial charge in [0.25, 0.3) is 0 Å². The molecule has 3 aromatic rings. The molecule has 2 fully saturated rings. The molecule has 2 aromatic heterocycles. The zero-order valence-corrected chi connectivity index (χ0v) is 18.8.